The van der Waals surface area contributed by atoms with Gasteiger partial charge in [0.1, 0.15) is 5.70 Å². The number of aryl methyl sites for hydroxylation is 1. The molecule has 0 unspecified atom stereocenters. The monoisotopic (exact) mass is 280 g/mol. The molecule has 0 aromatic heterocycles. The molecule has 1 aliphatic heterocycles. The van der Waals surface area contributed by atoms with Gasteiger partial charge < -0.3 is 4.74 Å². The summed E-state index contributed by atoms with van der Waals surface area (Å²) in [4.78, 5) is 11.4. The standard InChI is InChI=1S/C12H12N2O4S/c1-8-3-5-9(6-4-8)10-7-11(12(15)18-2)14-19(16,17)13-10/h3-7,14H,1-2H3. The number of hydrogen-bond donors (Lipinski definition) is 1. The Bertz CT molecular complexity index is 672. The van der Waals surface area contributed by atoms with Crippen molar-refractivity contribution in [2.75, 3.05) is 7.11 Å². The minimum atomic E-state index is -3.93. The van der Waals surface area contributed by atoms with Crippen LogP contribution in [0.4, 0.5) is 0 Å². The number of benzene rings is 1. The average molecular weight is 280 g/mol. The second-order valence-electron chi connectivity index (χ2n) is 3.97. The van der Waals surface area contributed by atoms with Crippen LogP contribution in [0.1, 0.15) is 11.1 Å². The molecule has 19 heavy (non-hydrogen) atoms. The minimum absolute atomic E-state index is 0.159. The van der Waals surface area contributed by atoms with E-state index in [0.717, 1.165) is 5.56 Å². The number of carbonyl (C=O) groups is 1. The lowest BCUT2D eigenvalue weighted by molar-refractivity contribution is -0.136. The molecule has 1 aliphatic rings. The van der Waals surface area contributed by atoms with Crippen molar-refractivity contribution < 1.29 is 17.9 Å². The molecule has 0 saturated carbocycles. The summed E-state index contributed by atoms with van der Waals surface area (Å²) in [6, 6.07) is 7.14. The summed E-state index contributed by atoms with van der Waals surface area (Å²) in [7, 11) is -2.75. The second-order valence-corrected chi connectivity index (χ2v) is 5.31. The zero-order valence-electron chi connectivity index (χ0n) is 10.4. The predicted molar refractivity (Wildman–Crippen MR) is 69.9 cm³/mol. The number of rotatable bonds is 2. The molecule has 7 heteroatoms. The Hall–Kier alpha value is -2.15. The molecular weight excluding hydrogens is 268 g/mol. The Morgan fingerprint density at radius 2 is 1.89 bits per heavy atom. The topological polar surface area (TPSA) is 84.8 Å². The lowest BCUT2D eigenvalue weighted by atomic mass is 10.1. The maximum atomic E-state index is 11.6. The Morgan fingerprint density at radius 1 is 1.26 bits per heavy atom. The molecule has 1 aromatic rings. The van der Waals surface area contributed by atoms with E-state index in [2.05, 4.69) is 9.13 Å². The minimum Gasteiger partial charge on any atom is -0.464 e. The first-order valence-electron chi connectivity index (χ1n) is 5.41. The Kier molecular flexibility index (Phi) is 3.39. The summed E-state index contributed by atoms with van der Waals surface area (Å²) >= 11 is 0. The molecule has 0 radical (unpaired) electrons. The second kappa shape index (κ2) is 4.85. The van der Waals surface area contributed by atoms with Crippen LogP contribution in [0.15, 0.2) is 40.4 Å². The fourth-order valence-corrected chi connectivity index (χ4v) is 2.44. The average Bonchev–Trinajstić information content (AvgIpc) is 2.36. The van der Waals surface area contributed by atoms with Gasteiger partial charge in [-0.05, 0) is 13.0 Å². The van der Waals surface area contributed by atoms with Gasteiger partial charge >= 0.3 is 16.2 Å². The molecule has 2 rings (SSSR count). The third-order valence-corrected chi connectivity index (χ3v) is 3.41. The molecule has 1 aromatic carbocycles. The van der Waals surface area contributed by atoms with Gasteiger partial charge in [-0.15, -0.1) is 4.40 Å². The number of nitrogens with zero attached hydrogens (tertiary/aromatic N) is 1. The summed E-state index contributed by atoms with van der Waals surface area (Å²) in [6.07, 6.45) is 1.34. The molecule has 0 atom stereocenters. The summed E-state index contributed by atoms with van der Waals surface area (Å²) in [6.45, 7) is 1.92. The SMILES string of the molecule is COC(=O)C1=CC(c2ccc(C)cc2)=NS(=O)(=O)N1. The number of hydrogen-bond acceptors (Lipinski definition) is 4. The Morgan fingerprint density at radius 3 is 2.47 bits per heavy atom. The molecule has 1 N–H and O–H groups in total. The predicted octanol–water partition coefficient (Wildman–Crippen LogP) is 0.689. The number of carbonyl (C=O) groups excluding carboxylic acids is 1. The number of methoxy groups -OCH3 is 1. The lowest BCUT2D eigenvalue weighted by Crippen LogP contribution is -2.31. The van der Waals surface area contributed by atoms with Crippen LogP contribution in [0.25, 0.3) is 0 Å². The van der Waals surface area contributed by atoms with Gasteiger partial charge in [0, 0.05) is 5.56 Å². The molecule has 0 spiro atoms. The highest BCUT2D eigenvalue weighted by atomic mass is 32.2. The number of allylic oxidation sites excluding steroid dienone is 1. The number of ether oxygens (including phenoxy) is 1. The van der Waals surface area contributed by atoms with E-state index in [4.69, 9.17) is 0 Å². The van der Waals surface area contributed by atoms with Crippen LogP contribution in [0.5, 0.6) is 0 Å². The van der Waals surface area contributed by atoms with Gasteiger partial charge in [-0.3, -0.25) is 4.72 Å². The van der Waals surface area contributed by atoms with Gasteiger partial charge in [0.25, 0.3) is 0 Å². The molecule has 0 fully saturated rings. The lowest BCUT2D eigenvalue weighted by Gasteiger charge is -2.13. The highest BCUT2D eigenvalue weighted by Crippen LogP contribution is 2.13. The maximum Gasteiger partial charge on any atom is 0.355 e. The van der Waals surface area contributed by atoms with E-state index in [0.29, 0.717) is 5.56 Å². The van der Waals surface area contributed by atoms with Crippen LogP contribution < -0.4 is 4.72 Å². The van der Waals surface area contributed by atoms with E-state index >= 15 is 0 Å². The zero-order chi connectivity index (χ0) is 14.0. The molecule has 1 heterocycles. The van der Waals surface area contributed by atoms with Gasteiger partial charge in [-0.2, -0.15) is 8.42 Å². The van der Waals surface area contributed by atoms with Crippen molar-refractivity contribution in [1.82, 2.24) is 4.72 Å². The van der Waals surface area contributed by atoms with Crippen molar-refractivity contribution in [2.24, 2.45) is 4.40 Å². The number of nitrogens with one attached hydrogen (secondary N) is 1. The summed E-state index contributed by atoms with van der Waals surface area (Å²) < 4.78 is 33.3. The maximum absolute atomic E-state index is 11.6. The molecule has 100 valence electrons. The van der Waals surface area contributed by atoms with Crippen molar-refractivity contribution in [2.45, 2.75) is 6.92 Å². The summed E-state index contributed by atoms with van der Waals surface area (Å²) in [5, 5.41) is 0. The van der Waals surface area contributed by atoms with E-state index in [1.54, 1.807) is 12.1 Å². The van der Waals surface area contributed by atoms with Crippen LogP contribution in [0.3, 0.4) is 0 Å². The third-order valence-electron chi connectivity index (χ3n) is 2.49. The van der Waals surface area contributed by atoms with E-state index in [-0.39, 0.29) is 11.4 Å². The van der Waals surface area contributed by atoms with Gasteiger partial charge in [-0.25, -0.2) is 4.79 Å². The Labute approximate surface area is 111 Å². The van der Waals surface area contributed by atoms with Crippen LogP contribution in [-0.4, -0.2) is 27.2 Å². The summed E-state index contributed by atoms with van der Waals surface area (Å²) in [5.41, 5.74) is 1.68. The first kappa shape index (κ1) is 13.3. The normalized spacial score (nSPS) is 16.9. The molecule has 0 aliphatic carbocycles. The van der Waals surface area contributed by atoms with Gasteiger partial charge in [0.15, 0.2) is 0 Å². The van der Waals surface area contributed by atoms with Crippen molar-refractivity contribution in [3.8, 4) is 0 Å². The Balaban J connectivity index is 2.48. The van der Waals surface area contributed by atoms with Crippen LogP contribution in [-0.2, 0) is 19.7 Å². The highest BCUT2D eigenvalue weighted by Gasteiger charge is 2.23. The van der Waals surface area contributed by atoms with E-state index in [1.807, 2.05) is 23.8 Å². The van der Waals surface area contributed by atoms with E-state index in [9.17, 15) is 13.2 Å². The molecule has 0 saturated heterocycles. The first-order valence-corrected chi connectivity index (χ1v) is 6.85. The van der Waals surface area contributed by atoms with Gasteiger partial charge in [0.05, 0.1) is 12.8 Å². The summed E-state index contributed by atoms with van der Waals surface area (Å²) in [5.74, 6) is -0.761. The highest BCUT2D eigenvalue weighted by molar-refractivity contribution is 7.88. The van der Waals surface area contributed by atoms with Crippen LogP contribution >= 0.6 is 0 Å². The fraction of sp³-hybridized carbons (Fsp3) is 0.167. The van der Waals surface area contributed by atoms with Crippen molar-refractivity contribution in [3.63, 3.8) is 0 Å². The molecular formula is C12H12N2O4S. The first-order chi connectivity index (χ1) is 8.91. The molecule has 0 amide bonds. The van der Waals surface area contributed by atoms with Crippen LogP contribution in [0, 0.1) is 6.92 Å². The van der Waals surface area contributed by atoms with Crippen molar-refractivity contribution in [1.29, 1.82) is 0 Å². The molecule has 0 bridgehead atoms. The van der Waals surface area contributed by atoms with Crippen molar-refractivity contribution in [3.05, 3.63) is 47.2 Å². The van der Waals surface area contributed by atoms with Crippen molar-refractivity contribution >= 4 is 21.9 Å². The van der Waals surface area contributed by atoms with Gasteiger partial charge in [0.2, 0.25) is 0 Å². The van der Waals surface area contributed by atoms with Gasteiger partial charge in [-0.1, -0.05) is 29.8 Å². The number of esters is 1. The van der Waals surface area contributed by atoms with E-state index in [1.165, 1.54) is 13.2 Å². The third kappa shape index (κ3) is 3.00. The van der Waals surface area contributed by atoms with E-state index < -0.39 is 16.2 Å². The smallest absolute Gasteiger partial charge is 0.355 e. The molecule has 6 nitrogen and oxygen atoms in total. The quantitative estimate of drug-likeness (QED) is 0.808. The zero-order valence-corrected chi connectivity index (χ0v) is 11.2. The fourth-order valence-electron chi connectivity index (χ4n) is 1.55. The van der Waals surface area contributed by atoms with Crippen LogP contribution in [0.2, 0.25) is 0 Å². The largest absolute Gasteiger partial charge is 0.464 e.